The lowest BCUT2D eigenvalue weighted by molar-refractivity contribution is 0.0976. The largest absolute Gasteiger partial charge is 0.302 e. The molecule has 0 saturated heterocycles. The minimum absolute atomic E-state index is 0.180. The number of carbonyl (C=O) groups is 1. The van der Waals surface area contributed by atoms with E-state index in [1.807, 2.05) is 18.2 Å². The van der Waals surface area contributed by atoms with Crippen molar-refractivity contribution < 1.29 is 4.79 Å². The number of Topliss-reactive ketones (excluding diaryl/α,β-unsaturated/α-hetero) is 1. The average Bonchev–Trinajstić information content (AvgIpc) is 2.49. The van der Waals surface area contributed by atoms with E-state index in [-0.39, 0.29) is 5.78 Å². The highest BCUT2D eigenvalue weighted by Gasteiger charge is 2.06. The zero-order valence-electron chi connectivity index (χ0n) is 12.3. The van der Waals surface area contributed by atoms with E-state index in [0.29, 0.717) is 11.4 Å². The molecule has 2 rings (SSSR count). The number of halogens is 1. The van der Waals surface area contributed by atoms with E-state index in [1.165, 1.54) is 5.56 Å². The van der Waals surface area contributed by atoms with Crippen molar-refractivity contribution in [2.45, 2.75) is 19.4 Å². The van der Waals surface area contributed by atoms with Gasteiger partial charge >= 0.3 is 0 Å². The van der Waals surface area contributed by atoms with E-state index >= 15 is 0 Å². The molecule has 2 nitrogen and oxygen atoms in total. The molecule has 0 radical (unpaired) electrons. The lowest BCUT2D eigenvalue weighted by Crippen LogP contribution is -2.19. The minimum atomic E-state index is 0.180. The molecule has 0 spiro atoms. The Morgan fingerprint density at radius 2 is 1.71 bits per heavy atom. The smallest absolute Gasteiger partial charge is 0.162 e. The Balaban J connectivity index is 1.73. The van der Waals surface area contributed by atoms with Crippen LogP contribution in [0.2, 0.25) is 5.02 Å². The molecule has 0 N–H and O–H groups in total. The van der Waals surface area contributed by atoms with Gasteiger partial charge in [0.25, 0.3) is 0 Å². The molecule has 0 atom stereocenters. The Hall–Kier alpha value is -1.64. The van der Waals surface area contributed by atoms with Gasteiger partial charge in [-0.25, -0.2) is 0 Å². The second-order valence-electron chi connectivity index (χ2n) is 5.26. The Labute approximate surface area is 131 Å². The summed E-state index contributed by atoms with van der Waals surface area (Å²) < 4.78 is 0. The number of hydrogen-bond donors (Lipinski definition) is 0. The third-order valence-electron chi connectivity index (χ3n) is 3.41. The highest BCUT2D eigenvalue weighted by atomic mass is 35.5. The van der Waals surface area contributed by atoms with E-state index in [0.717, 1.165) is 25.1 Å². The van der Waals surface area contributed by atoms with Crippen LogP contribution in [0.25, 0.3) is 0 Å². The molecule has 0 aliphatic carbocycles. The number of benzene rings is 2. The monoisotopic (exact) mass is 301 g/mol. The molecule has 21 heavy (non-hydrogen) atoms. The molecule has 0 bridgehead atoms. The zero-order chi connectivity index (χ0) is 15.1. The van der Waals surface area contributed by atoms with Crippen molar-refractivity contribution in [1.29, 1.82) is 0 Å². The first kappa shape index (κ1) is 15.7. The van der Waals surface area contributed by atoms with Crippen molar-refractivity contribution in [3.63, 3.8) is 0 Å². The molecule has 0 amide bonds. The quantitative estimate of drug-likeness (QED) is 0.705. The van der Waals surface area contributed by atoms with Crippen molar-refractivity contribution >= 4 is 17.4 Å². The topological polar surface area (TPSA) is 20.3 Å². The first-order chi connectivity index (χ1) is 10.1. The van der Waals surface area contributed by atoms with Crippen molar-refractivity contribution in [2.24, 2.45) is 0 Å². The van der Waals surface area contributed by atoms with Crippen LogP contribution in [0.15, 0.2) is 54.6 Å². The SMILES string of the molecule is CN(CCCC(=O)c1ccc(Cl)cc1)Cc1ccccc1. The van der Waals surface area contributed by atoms with Gasteiger partial charge < -0.3 is 4.90 Å². The van der Waals surface area contributed by atoms with Crippen LogP contribution in [0, 0.1) is 0 Å². The van der Waals surface area contributed by atoms with E-state index in [1.54, 1.807) is 24.3 Å². The third kappa shape index (κ3) is 5.33. The molecule has 0 aliphatic rings. The summed E-state index contributed by atoms with van der Waals surface area (Å²) in [5, 5.41) is 0.661. The van der Waals surface area contributed by atoms with E-state index in [4.69, 9.17) is 11.6 Å². The molecular formula is C18H20ClNO. The summed E-state index contributed by atoms with van der Waals surface area (Å²) in [5.41, 5.74) is 2.04. The van der Waals surface area contributed by atoms with E-state index in [2.05, 4.69) is 24.1 Å². The molecule has 0 unspecified atom stereocenters. The van der Waals surface area contributed by atoms with Gasteiger partial charge in [0.1, 0.15) is 0 Å². The number of nitrogens with zero attached hydrogens (tertiary/aromatic N) is 1. The summed E-state index contributed by atoms with van der Waals surface area (Å²) in [6.07, 6.45) is 1.44. The fourth-order valence-corrected chi connectivity index (χ4v) is 2.39. The molecule has 0 heterocycles. The normalized spacial score (nSPS) is 10.8. The maximum absolute atomic E-state index is 12.0. The van der Waals surface area contributed by atoms with Crippen molar-refractivity contribution in [2.75, 3.05) is 13.6 Å². The Morgan fingerprint density at radius 3 is 2.38 bits per heavy atom. The Kier molecular flexibility index (Phi) is 5.97. The van der Waals surface area contributed by atoms with Crippen molar-refractivity contribution in [3.8, 4) is 0 Å². The number of hydrogen-bond acceptors (Lipinski definition) is 2. The van der Waals surface area contributed by atoms with Gasteiger partial charge in [0.2, 0.25) is 0 Å². The standard InChI is InChI=1S/C18H20ClNO/c1-20(14-15-6-3-2-4-7-15)13-5-8-18(21)16-9-11-17(19)12-10-16/h2-4,6-7,9-12H,5,8,13-14H2,1H3. The molecule has 0 fully saturated rings. The van der Waals surface area contributed by atoms with Crippen LogP contribution in [0.3, 0.4) is 0 Å². The average molecular weight is 302 g/mol. The van der Waals surface area contributed by atoms with Crippen LogP contribution in [0.4, 0.5) is 0 Å². The number of rotatable bonds is 7. The second-order valence-corrected chi connectivity index (χ2v) is 5.69. The zero-order valence-corrected chi connectivity index (χ0v) is 13.0. The summed E-state index contributed by atoms with van der Waals surface area (Å²) in [6.45, 7) is 1.82. The van der Waals surface area contributed by atoms with Gasteiger partial charge in [-0.1, -0.05) is 41.9 Å². The third-order valence-corrected chi connectivity index (χ3v) is 3.66. The highest BCUT2D eigenvalue weighted by molar-refractivity contribution is 6.30. The molecular weight excluding hydrogens is 282 g/mol. The molecule has 2 aromatic rings. The summed E-state index contributed by atoms with van der Waals surface area (Å²) in [6, 6.07) is 17.5. The van der Waals surface area contributed by atoms with Crippen LogP contribution >= 0.6 is 11.6 Å². The van der Waals surface area contributed by atoms with Crippen LogP contribution in [-0.2, 0) is 6.54 Å². The van der Waals surface area contributed by atoms with Crippen LogP contribution < -0.4 is 0 Å². The molecule has 3 heteroatoms. The lowest BCUT2D eigenvalue weighted by atomic mass is 10.1. The molecule has 0 aromatic heterocycles. The fraction of sp³-hybridized carbons (Fsp3) is 0.278. The van der Waals surface area contributed by atoms with Gasteiger partial charge in [0, 0.05) is 23.6 Å². The summed E-state index contributed by atoms with van der Waals surface area (Å²) in [4.78, 5) is 14.3. The predicted octanol–water partition coefficient (Wildman–Crippen LogP) is 4.43. The van der Waals surface area contributed by atoms with Gasteiger partial charge in [0.05, 0.1) is 0 Å². The van der Waals surface area contributed by atoms with E-state index in [9.17, 15) is 4.79 Å². The summed E-state index contributed by atoms with van der Waals surface area (Å²) >= 11 is 5.82. The van der Waals surface area contributed by atoms with Crippen LogP contribution in [-0.4, -0.2) is 24.3 Å². The lowest BCUT2D eigenvalue weighted by Gasteiger charge is -2.16. The predicted molar refractivity (Wildman–Crippen MR) is 87.8 cm³/mol. The first-order valence-corrected chi connectivity index (χ1v) is 7.54. The maximum atomic E-state index is 12.0. The molecule has 0 aliphatic heterocycles. The highest BCUT2D eigenvalue weighted by Crippen LogP contribution is 2.12. The summed E-state index contributed by atoms with van der Waals surface area (Å²) in [7, 11) is 2.08. The Morgan fingerprint density at radius 1 is 1.05 bits per heavy atom. The van der Waals surface area contributed by atoms with Gasteiger partial charge in [0.15, 0.2) is 5.78 Å². The van der Waals surface area contributed by atoms with Gasteiger partial charge in [-0.05, 0) is 49.8 Å². The molecule has 110 valence electrons. The second kappa shape index (κ2) is 7.96. The van der Waals surface area contributed by atoms with E-state index < -0.39 is 0 Å². The maximum Gasteiger partial charge on any atom is 0.162 e. The molecule has 0 saturated carbocycles. The van der Waals surface area contributed by atoms with Crippen LogP contribution in [0.5, 0.6) is 0 Å². The van der Waals surface area contributed by atoms with Crippen molar-refractivity contribution in [3.05, 3.63) is 70.7 Å². The first-order valence-electron chi connectivity index (χ1n) is 7.16. The summed E-state index contributed by atoms with van der Waals surface area (Å²) in [5.74, 6) is 0.180. The minimum Gasteiger partial charge on any atom is -0.302 e. The molecule has 2 aromatic carbocycles. The van der Waals surface area contributed by atoms with Crippen LogP contribution in [0.1, 0.15) is 28.8 Å². The van der Waals surface area contributed by atoms with Gasteiger partial charge in [-0.15, -0.1) is 0 Å². The number of ketones is 1. The van der Waals surface area contributed by atoms with Gasteiger partial charge in [-0.2, -0.15) is 0 Å². The van der Waals surface area contributed by atoms with Crippen molar-refractivity contribution in [1.82, 2.24) is 4.90 Å². The van der Waals surface area contributed by atoms with Gasteiger partial charge in [-0.3, -0.25) is 4.79 Å². The number of carbonyl (C=O) groups excluding carboxylic acids is 1. The fourth-order valence-electron chi connectivity index (χ4n) is 2.26. The Bertz CT molecular complexity index is 566.